The molecule has 0 aromatic heterocycles. The van der Waals surface area contributed by atoms with E-state index in [1.807, 2.05) is 6.07 Å². The molecule has 94 valence electrons. The summed E-state index contributed by atoms with van der Waals surface area (Å²) in [6, 6.07) is 6.63. The minimum Gasteiger partial charge on any atom is -0.396 e. The molecule has 1 aromatic rings. The van der Waals surface area contributed by atoms with E-state index in [1.54, 1.807) is 0 Å². The first-order valence-electron chi connectivity index (χ1n) is 6.12. The van der Waals surface area contributed by atoms with Crippen LogP contribution >= 0.6 is 11.6 Å². The number of hydrogen-bond acceptors (Lipinski definition) is 2. The van der Waals surface area contributed by atoms with E-state index in [2.05, 4.69) is 31.3 Å². The van der Waals surface area contributed by atoms with Gasteiger partial charge in [0.15, 0.2) is 0 Å². The van der Waals surface area contributed by atoms with E-state index in [9.17, 15) is 5.11 Å². The van der Waals surface area contributed by atoms with Crippen LogP contribution in [0.25, 0.3) is 0 Å². The zero-order valence-corrected chi connectivity index (χ0v) is 11.2. The van der Waals surface area contributed by atoms with Gasteiger partial charge in [-0.3, -0.25) is 0 Å². The van der Waals surface area contributed by atoms with Gasteiger partial charge in [-0.1, -0.05) is 31.5 Å². The second kappa shape index (κ2) is 4.97. The summed E-state index contributed by atoms with van der Waals surface area (Å²) in [5, 5.41) is 13.6. The zero-order chi connectivity index (χ0) is 12.5. The van der Waals surface area contributed by atoms with Crippen molar-refractivity contribution < 1.29 is 5.11 Å². The Kier molecular flexibility index (Phi) is 3.76. The molecule has 0 saturated carbocycles. The Bertz CT molecular complexity index is 403. The van der Waals surface area contributed by atoms with Gasteiger partial charge in [-0.25, -0.2) is 0 Å². The second-order valence-electron chi connectivity index (χ2n) is 5.72. The largest absolute Gasteiger partial charge is 0.396 e. The summed E-state index contributed by atoms with van der Waals surface area (Å²) in [4.78, 5) is 0. The summed E-state index contributed by atoms with van der Waals surface area (Å²) in [6.45, 7) is 5.19. The molecule has 1 aliphatic rings. The van der Waals surface area contributed by atoms with Crippen LogP contribution in [0.2, 0.25) is 5.02 Å². The minimum absolute atomic E-state index is 0.0492. The van der Waals surface area contributed by atoms with Crippen LogP contribution in [0.15, 0.2) is 18.2 Å². The molecule has 0 saturated heterocycles. The average Bonchev–Trinajstić information content (AvgIpc) is 2.68. The van der Waals surface area contributed by atoms with Gasteiger partial charge in [0.1, 0.15) is 0 Å². The molecule has 0 aliphatic heterocycles. The number of aliphatic hydroxyl groups excluding tert-OH is 1. The lowest BCUT2D eigenvalue weighted by Crippen LogP contribution is -2.39. The normalized spacial score (nSPS) is 19.4. The van der Waals surface area contributed by atoms with Gasteiger partial charge in [0.25, 0.3) is 0 Å². The molecule has 0 bridgehead atoms. The SMILES string of the molecule is CC(C)(CO)CNC1Cc2ccc(Cl)cc2C1. The van der Waals surface area contributed by atoms with Crippen molar-refractivity contribution in [1.82, 2.24) is 5.32 Å². The van der Waals surface area contributed by atoms with Gasteiger partial charge in [-0.15, -0.1) is 0 Å². The number of fused-ring (bicyclic) bond motifs is 1. The standard InChI is InChI=1S/C14H20ClNO/c1-14(2,9-17)8-16-13-6-10-3-4-12(15)5-11(10)7-13/h3-5,13,16-17H,6-9H2,1-2H3. The highest BCUT2D eigenvalue weighted by molar-refractivity contribution is 6.30. The summed E-state index contributed by atoms with van der Waals surface area (Å²) in [5.41, 5.74) is 2.71. The van der Waals surface area contributed by atoms with Crippen LogP contribution in [0.1, 0.15) is 25.0 Å². The Labute approximate surface area is 108 Å². The summed E-state index contributed by atoms with van der Waals surface area (Å²) in [6.07, 6.45) is 2.10. The molecule has 2 N–H and O–H groups in total. The molecule has 1 aromatic carbocycles. The van der Waals surface area contributed by atoms with Gasteiger partial charge in [-0.2, -0.15) is 0 Å². The molecule has 1 atom stereocenters. The summed E-state index contributed by atoms with van der Waals surface area (Å²) in [7, 11) is 0. The Morgan fingerprint density at radius 3 is 2.76 bits per heavy atom. The third-order valence-electron chi connectivity index (χ3n) is 3.40. The van der Waals surface area contributed by atoms with Gasteiger partial charge in [-0.05, 0) is 36.1 Å². The number of aliphatic hydroxyl groups is 1. The predicted molar refractivity (Wildman–Crippen MR) is 71.5 cm³/mol. The lowest BCUT2D eigenvalue weighted by Gasteiger charge is -2.24. The van der Waals surface area contributed by atoms with E-state index in [0.29, 0.717) is 6.04 Å². The predicted octanol–water partition coefficient (Wildman–Crippen LogP) is 2.42. The van der Waals surface area contributed by atoms with Crippen LogP contribution in [0.4, 0.5) is 0 Å². The smallest absolute Gasteiger partial charge is 0.0494 e. The van der Waals surface area contributed by atoms with Crippen LogP contribution in [-0.2, 0) is 12.8 Å². The Hall–Kier alpha value is -0.570. The summed E-state index contributed by atoms with van der Waals surface area (Å²) in [5.74, 6) is 0. The first kappa shape index (κ1) is 12.9. The average molecular weight is 254 g/mol. The third kappa shape index (κ3) is 3.21. The quantitative estimate of drug-likeness (QED) is 0.864. The van der Waals surface area contributed by atoms with Crippen LogP contribution in [0, 0.1) is 5.41 Å². The maximum atomic E-state index is 9.22. The Balaban J connectivity index is 1.92. The number of benzene rings is 1. The molecule has 17 heavy (non-hydrogen) atoms. The van der Waals surface area contributed by atoms with Crippen molar-refractivity contribution in [3.8, 4) is 0 Å². The van der Waals surface area contributed by atoms with Crippen molar-refractivity contribution in [2.24, 2.45) is 5.41 Å². The fourth-order valence-electron chi connectivity index (χ4n) is 2.21. The van der Waals surface area contributed by atoms with Crippen LogP contribution in [0.5, 0.6) is 0 Å². The first-order chi connectivity index (χ1) is 8.00. The summed E-state index contributed by atoms with van der Waals surface area (Å²) >= 11 is 5.99. The Morgan fingerprint density at radius 1 is 1.35 bits per heavy atom. The van der Waals surface area contributed by atoms with Crippen molar-refractivity contribution >= 4 is 11.6 Å². The molecule has 2 nitrogen and oxygen atoms in total. The van der Waals surface area contributed by atoms with Gasteiger partial charge >= 0.3 is 0 Å². The third-order valence-corrected chi connectivity index (χ3v) is 3.63. The van der Waals surface area contributed by atoms with E-state index >= 15 is 0 Å². The maximum Gasteiger partial charge on any atom is 0.0494 e. The number of rotatable bonds is 4. The summed E-state index contributed by atoms with van der Waals surface area (Å²) < 4.78 is 0. The maximum absolute atomic E-state index is 9.22. The molecule has 1 unspecified atom stereocenters. The molecule has 2 rings (SSSR count). The number of hydrogen-bond donors (Lipinski definition) is 2. The molecule has 3 heteroatoms. The van der Waals surface area contributed by atoms with E-state index < -0.39 is 0 Å². The molecule has 0 fully saturated rings. The first-order valence-corrected chi connectivity index (χ1v) is 6.49. The van der Waals surface area contributed by atoms with E-state index in [-0.39, 0.29) is 12.0 Å². The lowest BCUT2D eigenvalue weighted by atomic mass is 9.94. The fraction of sp³-hybridized carbons (Fsp3) is 0.571. The minimum atomic E-state index is -0.0492. The molecule has 0 spiro atoms. The topological polar surface area (TPSA) is 32.3 Å². The van der Waals surface area contributed by atoms with Gasteiger partial charge < -0.3 is 10.4 Å². The molecule has 0 amide bonds. The van der Waals surface area contributed by atoms with E-state index in [1.165, 1.54) is 11.1 Å². The van der Waals surface area contributed by atoms with Gasteiger partial charge in [0, 0.05) is 29.6 Å². The molecular formula is C14H20ClNO. The monoisotopic (exact) mass is 253 g/mol. The van der Waals surface area contributed by atoms with Crippen LogP contribution in [0.3, 0.4) is 0 Å². The zero-order valence-electron chi connectivity index (χ0n) is 10.5. The van der Waals surface area contributed by atoms with Crippen molar-refractivity contribution in [3.05, 3.63) is 34.3 Å². The van der Waals surface area contributed by atoms with Crippen molar-refractivity contribution in [2.75, 3.05) is 13.2 Å². The molecule has 1 aliphatic carbocycles. The van der Waals surface area contributed by atoms with Crippen LogP contribution in [-0.4, -0.2) is 24.3 Å². The van der Waals surface area contributed by atoms with Gasteiger partial charge in [0.05, 0.1) is 0 Å². The molecular weight excluding hydrogens is 234 g/mol. The van der Waals surface area contributed by atoms with Crippen molar-refractivity contribution in [2.45, 2.75) is 32.7 Å². The fourth-order valence-corrected chi connectivity index (χ4v) is 2.40. The van der Waals surface area contributed by atoms with Crippen LogP contribution < -0.4 is 5.32 Å². The Morgan fingerprint density at radius 2 is 2.06 bits per heavy atom. The van der Waals surface area contributed by atoms with Crippen molar-refractivity contribution in [1.29, 1.82) is 0 Å². The van der Waals surface area contributed by atoms with Gasteiger partial charge in [0.2, 0.25) is 0 Å². The van der Waals surface area contributed by atoms with E-state index in [0.717, 1.165) is 24.4 Å². The van der Waals surface area contributed by atoms with E-state index in [4.69, 9.17) is 11.6 Å². The molecule has 0 heterocycles. The highest BCUT2D eigenvalue weighted by Crippen LogP contribution is 2.25. The lowest BCUT2D eigenvalue weighted by molar-refractivity contribution is 0.153. The second-order valence-corrected chi connectivity index (χ2v) is 6.16. The number of nitrogens with one attached hydrogen (secondary N) is 1. The highest BCUT2D eigenvalue weighted by Gasteiger charge is 2.24. The van der Waals surface area contributed by atoms with Crippen molar-refractivity contribution in [3.63, 3.8) is 0 Å². The number of halogens is 1. The highest BCUT2D eigenvalue weighted by atomic mass is 35.5. The molecule has 0 radical (unpaired) electrons.